The van der Waals surface area contributed by atoms with Gasteiger partial charge in [0.2, 0.25) is 5.91 Å². The first-order chi connectivity index (χ1) is 14.2. The number of carboxylic acids is 1. The summed E-state index contributed by atoms with van der Waals surface area (Å²) in [5.74, 6) is -1.11. The van der Waals surface area contributed by atoms with Crippen molar-refractivity contribution >= 4 is 33.3 Å². The number of amides is 1. The van der Waals surface area contributed by atoms with Gasteiger partial charge in [-0.25, -0.2) is 8.42 Å². The molecule has 160 valence electrons. The molecular weight excluding hydrogens is 404 g/mol. The molecule has 3 N–H and O–H groups in total. The Morgan fingerprint density at radius 3 is 2.07 bits per heavy atom. The third-order valence-corrected chi connectivity index (χ3v) is 6.88. The summed E-state index contributed by atoms with van der Waals surface area (Å²) >= 11 is 0. The Hall–Kier alpha value is -2.87. The quantitative estimate of drug-likeness (QED) is 0.582. The van der Waals surface area contributed by atoms with Crippen molar-refractivity contribution in [2.75, 3.05) is 10.0 Å². The van der Waals surface area contributed by atoms with Gasteiger partial charge in [-0.2, -0.15) is 0 Å². The van der Waals surface area contributed by atoms with Crippen LogP contribution in [0.5, 0.6) is 0 Å². The van der Waals surface area contributed by atoms with Crippen LogP contribution in [0.1, 0.15) is 44.1 Å². The third kappa shape index (κ3) is 5.60. The molecule has 1 amide bonds. The van der Waals surface area contributed by atoms with Crippen LogP contribution >= 0.6 is 0 Å². The molecule has 7 nitrogen and oxygen atoms in total. The summed E-state index contributed by atoms with van der Waals surface area (Å²) in [7, 11) is -3.69. The van der Waals surface area contributed by atoms with Gasteiger partial charge in [0.1, 0.15) is 0 Å². The number of anilines is 2. The van der Waals surface area contributed by atoms with Crippen molar-refractivity contribution in [3.05, 3.63) is 54.1 Å². The molecule has 1 fully saturated rings. The van der Waals surface area contributed by atoms with Gasteiger partial charge in [0.15, 0.2) is 0 Å². The zero-order valence-corrected chi connectivity index (χ0v) is 17.7. The molecule has 2 aromatic rings. The van der Waals surface area contributed by atoms with Crippen molar-refractivity contribution in [1.82, 2.24) is 0 Å². The maximum absolute atomic E-state index is 12.5. The molecule has 0 atom stereocenters. The van der Waals surface area contributed by atoms with Crippen molar-refractivity contribution in [2.24, 2.45) is 5.41 Å². The standard InChI is InChI=1S/C22H26N2O5S/c1-16-4-10-19(11-5-16)30(28,29)24-18-8-6-17(7-9-18)23-20(25)14-22(15-21(26)27)12-2-3-13-22/h4-11,24H,2-3,12-15H2,1H3,(H,23,25)(H,26,27). The average molecular weight is 431 g/mol. The summed E-state index contributed by atoms with van der Waals surface area (Å²) in [4.78, 5) is 23.8. The Balaban J connectivity index is 1.62. The number of aryl methyl sites for hydroxylation is 1. The molecule has 1 aliphatic carbocycles. The number of carbonyl (C=O) groups is 2. The van der Waals surface area contributed by atoms with Crippen LogP contribution in [0.2, 0.25) is 0 Å². The van der Waals surface area contributed by atoms with E-state index in [9.17, 15) is 23.1 Å². The predicted molar refractivity (Wildman–Crippen MR) is 115 cm³/mol. The SMILES string of the molecule is Cc1ccc(S(=O)(=O)Nc2ccc(NC(=O)CC3(CC(=O)O)CCCC3)cc2)cc1. The average Bonchev–Trinajstić information content (AvgIpc) is 3.10. The van der Waals surface area contributed by atoms with E-state index in [4.69, 9.17) is 0 Å². The normalized spacial score (nSPS) is 15.5. The minimum atomic E-state index is -3.69. The lowest BCUT2D eigenvalue weighted by Crippen LogP contribution is -2.27. The Labute approximate surface area is 176 Å². The highest BCUT2D eigenvalue weighted by Crippen LogP contribution is 2.44. The molecule has 0 unspecified atom stereocenters. The number of aliphatic carboxylic acids is 1. The Bertz CT molecular complexity index is 1010. The zero-order chi connectivity index (χ0) is 21.8. The van der Waals surface area contributed by atoms with Gasteiger partial charge >= 0.3 is 5.97 Å². The lowest BCUT2D eigenvalue weighted by molar-refractivity contribution is -0.140. The molecule has 0 aromatic heterocycles. The number of hydrogen-bond acceptors (Lipinski definition) is 4. The monoisotopic (exact) mass is 430 g/mol. The molecule has 0 radical (unpaired) electrons. The summed E-state index contributed by atoms with van der Waals surface area (Å²) in [5, 5.41) is 12.0. The lowest BCUT2D eigenvalue weighted by atomic mass is 9.79. The number of carboxylic acid groups (broad SMARTS) is 1. The van der Waals surface area contributed by atoms with E-state index in [0.29, 0.717) is 11.4 Å². The first-order valence-corrected chi connectivity index (χ1v) is 11.4. The van der Waals surface area contributed by atoms with Crippen molar-refractivity contribution in [2.45, 2.75) is 50.3 Å². The van der Waals surface area contributed by atoms with Gasteiger partial charge in [-0.3, -0.25) is 14.3 Å². The van der Waals surface area contributed by atoms with E-state index in [1.165, 1.54) is 0 Å². The van der Waals surface area contributed by atoms with Crippen molar-refractivity contribution < 1.29 is 23.1 Å². The minimum Gasteiger partial charge on any atom is -0.481 e. The van der Waals surface area contributed by atoms with E-state index in [0.717, 1.165) is 31.2 Å². The zero-order valence-electron chi connectivity index (χ0n) is 16.8. The van der Waals surface area contributed by atoms with Crippen LogP contribution in [0.25, 0.3) is 0 Å². The second kappa shape index (κ2) is 8.87. The molecule has 0 aliphatic heterocycles. The predicted octanol–water partition coefficient (Wildman–Crippen LogP) is 4.16. The number of nitrogens with one attached hydrogen (secondary N) is 2. The smallest absolute Gasteiger partial charge is 0.303 e. The minimum absolute atomic E-state index is 0.000147. The molecule has 0 saturated heterocycles. The van der Waals surface area contributed by atoms with Crippen molar-refractivity contribution in [3.63, 3.8) is 0 Å². The number of carbonyl (C=O) groups excluding carboxylic acids is 1. The van der Waals surface area contributed by atoms with E-state index in [-0.39, 0.29) is 23.6 Å². The highest BCUT2D eigenvalue weighted by Gasteiger charge is 2.38. The molecule has 2 aromatic carbocycles. The number of rotatable bonds is 8. The molecule has 3 rings (SSSR count). The van der Waals surface area contributed by atoms with Crippen LogP contribution in [0.15, 0.2) is 53.4 Å². The van der Waals surface area contributed by atoms with E-state index in [1.807, 2.05) is 6.92 Å². The van der Waals surface area contributed by atoms with Gasteiger partial charge < -0.3 is 10.4 Å². The maximum atomic E-state index is 12.5. The summed E-state index contributed by atoms with van der Waals surface area (Å²) in [6, 6.07) is 12.9. The summed E-state index contributed by atoms with van der Waals surface area (Å²) in [5.41, 5.74) is 1.41. The molecule has 30 heavy (non-hydrogen) atoms. The fourth-order valence-electron chi connectivity index (χ4n) is 3.96. The molecule has 0 heterocycles. The summed E-state index contributed by atoms with van der Waals surface area (Å²) in [6.45, 7) is 1.88. The largest absolute Gasteiger partial charge is 0.481 e. The second-order valence-electron chi connectivity index (χ2n) is 8.00. The topological polar surface area (TPSA) is 113 Å². The molecular formula is C22H26N2O5S. The Morgan fingerprint density at radius 2 is 1.50 bits per heavy atom. The first kappa shape index (κ1) is 21.8. The van der Waals surface area contributed by atoms with Crippen LogP contribution in [0.3, 0.4) is 0 Å². The van der Waals surface area contributed by atoms with Crippen molar-refractivity contribution in [1.29, 1.82) is 0 Å². The summed E-state index contributed by atoms with van der Waals surface area (Å²) in [6.07, 6.45) is 3.53. The number of benzene rings is 2. The van der Waals surface area contributed by atoms with Crippen LogP contribution in [-0.2, 0) is 19.6 Å². The number of sulfonamides is 1. The van der Waals surface area contributed by atoms with Crippen molar-refractivity contribution in [3.8, 4) is 0 Å². The van der Waals surface area contributed by atoms with Gasteiger partial charge in [0, 0.05) is 17.8 Å². The van der Waals surface area contributed by atoms with Gasteiger partial charge in [-0.15, -0.1) is 0 Å². The molecule has 0 spiro atoms. The maximum Gasteiger partial charge on any atom is 0.303 e. The third-order valence-electron chi connectivity index (χ3n) is 5.48. The van der Waals surface area contributed by atoms with E-state index < -0.39 is 21.4 Å². The molecule has 1 saturated carbocycles. The highest BCUT2D eigenvalue weighted by molar-refractivity contribution is 7.92. The second-order valence-corrected chi connectivity index (χ2v) is 9.68. The summed E-state index contributed by atoms with van der Waals surface area (Å²) < 4.78 is 27.4. The molecule has 8 heteroatoms. The lowest BCUT2D eigenvalue weighted by Gasteiger charge is -2.26. The van der Waals surface area contributed by atoms with Crippen LogP contribution < -0.4 is 10.0 Å². The fourth-order valence-corrected chi connectivity index (χ4v) is 5.02. The Kier molecular flexibility index (Phi) is 6.45. The van der Waals surface area contributed by atoms with Crippen LogP contribution in [0, 0.1) is 12.3 Å². The van der Waals surface area contributed by atoms with E-state index in [1.54, 1.807) is 48.5 Å². The van der Waals surface area contributed by atoms with Crippen LogP contribution in [-0.4, -0.2) is 25.4 Å². The van der Waals surface area contributed by atoms with Gasteiger partial charge in [0.05, 0.1) is 11.3 Å². The van der Waals surface area contributed by atoms with Gasteiger partial charge in [-0.05, 0) is 61.6 Å². The molecule has 0 bridgehead atoms. The van der Waals surface area contributed by atoms with Gasteiger partial charge in [-0.1, -0.05) is 30.5 Å². The number of hydrogen-bond donors (Lipinski definition) is 3. The molecule has 1 aliphatic rings. The Morgan fingerprint density at radius 1 is 0.933 bits per heavy atom. The van der Waals surface area contributed by atoms with E-state index in [2.05, 4.69) is 10.0 Å². The van der Waals surface area contributed by atoms with Crippen LogP contribution in [0.4, 0.5) is 11.4 Å². The highest BCUT2D eigenvalue weighted by atomic mass is 32.2. The van der Waals surface area contributed by atoms with Gasteiger partial charge in [0.25, 0.3) is 10.0 Å². The first-order valence-electron chi connectivity index (χ1n) is 9.89. The fraction of sp³-hybridized carbons (Fsp3) is 0.364. The van der Waals surface area contributed by atoms with E-state index >= 15 is 0 Å².